The van der Waals surface area contributed by atoms with E-state index >= 15 is 0 Å². The van der Waals surface area contributed by atoms with Crippen molar-refractivity contribution in [2.45, 2.75) is 19.8 Å². The van der Waals surface area contributed by atoms with Crippen LogP contribution in [0.5, 0.6) is 0 Å². The van der Waals surface area contributed by atoms with Crippen molar-refractivity contribution in [3.05, 3.63) is 0 Å². The molecule has 0 N–H and O–H groups in total. The SMILES string of the molecule is CC1CC12C1CC12. The van der Waals surface area contributed by atoms with Crippen LogP contribution in [0, 0.1) is 23.2 Å². The second-order valence-corrected chi connectivity index (χ2v) is 3.67. The third-order valence-corrected chi connectivity index (χ3v) is 3.48. The lowest BCUT2D eigenvalue weighted by atomic mass is 10.1. The number of fused-ring (bicyclic) bond motifs is 3. The number of hydrogen-bond donors (Lipinski definition) is 0. The molecule has 38 valence electrons. The molecule has 3 rings (SSSR count). The molecule has 0 aromatic carbocycles. The molecule has 3 unspecified atom stereocenters. The molecule has 0 aromatic heterocycles. The van der Waals surface area contributed by atoms with Crippen molar-refractivity contribution in [3.8, 4) is 0 Å². The molecule has 0 radical (unpaired) electrons. The van der Waals surface area contributed by atoms with Gasteiger partial charge in [-0.25, -0.2) is 0 Å². The molecule has 0 bridgehead atoms. The van der Waals surface area contributed by atoms with E-state index in [2.05, 4.69) is 6.92 Å². The van der Waals surface area contributed by atoms with E-state index in [-0.39, 0.29) is 0 Å². The standard InChI is InChI=1S/C7H10/c1-4-3-7(4)5-2-6(5)7/h4-6H,2-3H2,1H3. The maximum atomic E-state index is 2.41. The zero-order valence-electron chi connectivity index (χ0n) is 4.65. The summed E-state index contributed by atoms with van der Waals surface area (Å²) in [5.41, 5.74) is 1.01. The predicted molar refractivity (Wildman–Crippen MR) is 27.8 cm³/mol. The molecule has 0 aromatic rings. The molecule has 0 amide bonds. The van der Waals surface area contributed by atoms with Crippen LogP contribution in [0.3, 0.4) is 0 Å². The van der Waals surface area contributed by atoms with Gasteiger partial charge in [0.2, 0.25) is 0 Å². The normalized spacial score (nSPS) is 81.0. The van der Waals surface area contributed by atoms with Gasteiger partial charge in [0.05, 0.1) is 0 Å². The van der Waals surface area contributed by atoms with Gasteiger partial charge in [0.15, 0.2) is 0 Å². The fourth-order valence-electron chi connectivity index (χ4n) is 2.61. The van der Waals surface area contributed by atoms with Crippen LogP contribution in [0.2, 0.25) is 0 Å². The molecule has 3 aliphatic carbocycles. The summed E-state index contributed by atoms with van der Waals surface area (Å²) in [6.07, 6.45) is 3.19. The van der Waals surface area contributed by atoms with Crippen molar-refractivity contribution in [3.63, 3.8) is 0 Å². The third kappa shape index (κ3) is 0.154. The summed E-state index contributed by atoms with van der Waals surface area (Å²) < 4.78 is 0. The average Bonchev–Trinajstić information content (AvgIpc) is 2.23. The largest absolute Gasteiger partial charge is 0.0619 e. The van der Waals surface area contributed by atoms with Gasteiger partial charge in [-0.1, -0.05) is 6.92 Å². The van der Waals surface area contributed by atoms with E-state index in [4.69, 9.17) is 0 Å². The Balaban J connectivity index is 2.00. The van der Waals surface area contributed by atoms with E-state index in [1.54, 1.807) is 12.8 Å². The van der Waals surface area contributed by atoms with Gasteiger partial charge in [0.25, 0.3) is 0 Å². The van der Waals surface area contributed by atoms with Gasteiger partial charge in [0.1, 0.15) is 0 Å². The van der Waals surface area contributed by atoms with Crippen molar-refractivity contribution in [2.24, 2.45) is 23.2 Å². The molecule has 0 heteroatoms. The molecule has 1 spiro atoms. The Bertz CT molecular complexity index is 123. The summed E-state index contributed by atoms with van der Waals surface area (Å²) in [5.74, 6) is 3.64. The first-order valence-corrected chi connectivity index (χ1v) is 3.36. The molecule has 0 nitrogen and oxygen atoms in total. The first-order chi connectivity index (χ1) is 3.36. The van der Waals surface area contributed by atoms with E-state index in [9.17, 15) is 0 Å². The molecule has 0 aliphatic heterocycles. The highest BCUT2D eigenvalue weighted by atomic mass is 14.9. The topological polar surface area (TPSA) is 0 Å². The molecular weight excluding hydrogens is 84.1 g/mol. The monoisotopic (exact) mass is 94.1 g/mol. The van der Waals surface area contributed by atoms with Gasteiger partial charge in [-0.2, -0.15) is 0 Å². The van der Waals surface area contributed by atoms with Crippen molar-refractivity contribution in [1.82, 2.24) is 0 Å². The summed E-state index contributed by atoms with van der Waals surface area (Å²) in [4.78, 5) is 0. The fourth-order valence-corrected chi connectivity index (χ4v) is 2.61. The lowest BCUT2D eigenvalue weighted by Crippen LogP contribution is -1.86. The van der Waals surface area contributed by atoms with Crippen molar-refractivity contribution >= 4 is 0 Å². The Morgan fingerprint density at radius 2 is 2.00 bits per heavy atom. The fraction of sp³-hybridized carbons (Fsp3) is 1.00. The van der Waals surface area contributed by atoms with Crippen LogP contribution < -0.4 is 0 Å². The minimum absolute atomic E-state index is 1.01. The summed E-state index contributed by atoms with van der Waals surface area (Å²) in [6.45, 7) is 2.41. The van der Waals surface area contributed by atoms with E-state index < -0.39 is 0 Å². The van der Waals surface area contributed by atoms with Crippen molar-refractivity contribution < 1.29 is 0 Å². The van der Waals surface area contributed by atoms with E-state index in [0.717, 1.165) is 11.3 Å². The zero-order chi connectivity index (χ0) is 4.65. The molecule has 3 saturated carbocycles. The van der Waals surface area contributed by atoms with Crippen molar-refractivity contribution in [2.75, 3.05) is 0 Å². The Hall–Kier alpha value is 0. The first kappa shape index (κ1) is 3.11. The Morgan fingerprint density at radius 1 is 1.43 bits per heavy atom. The second kappa shape index (κ2) is 0.519. The smallest absolute Gasteiger partial charge is 0.0206 e. The predicted octanol–water partition coefficient (Wildman–Crippen LogP) is 1.66. The molecule has 0 saturated heterocycles. The van der Waals surface area contributed by atoms with E-state index in [0.29, 0.717) is 0 Å². The summed E-state index contributed by atoms with van der Waals surface area (Å²) in [6, 6.07) is 0. The van der Waals surface area contributed by atoms with Crippen LogP contribution in [0.25, 0.3) is 0 Å². The molecule has 3 aliphatic rings. The van der Waals surface area contributed by atoms with Gasteiger partial charge in [-0.15, -0.1) is 0 Å². The molecule has 3 fully saturated rings. The quantitative estimate of drug-likeness (QED) is 0.428. The number of rotatable bonds is 0. The van der Waals surface area contributed by atoms with Gasteiger partial charge >= 0.3 is 0 Å². The molecular formula is C7H10. The minimum Gasteiger partial charge on any atom is -0.0619 e. The maximum absolute atomic E-state index is 2.41. The molecule has 0 heterocycles. The van der Waals surface area contributed by atoms with Crippen LogP contribution >= 0.6 is 0 Å². The number of hydrogen-bond acceptors (Lipinski definition) is 0. The summed E-state index contributed by atoms with van der Waals surface area (Å²) in [5, 5.41) is 0. The van der Waals surface area contributed by atoms with Crippen LogP contribution in [-0.2, 0) is 0 Å². The van der Waals surface area contributed by atoms with E-state index in [1.807, 2.05) is 0 Å². The van der Waals surface area contributed by atoms with Crippen LogP contribution in [0.15, 0.2) is 0 Å². The zero-order valence-corrected chi connectivity index (χ0v) is 4.65. The summed E-state index contributed by atoms with van der Waals surface area (Å²) in [7, 11) is 0. The highest BCUT2D eigenvalue weighted by Crippen LogP contribution is 2.91. The van der Waals surface area contributed by atoms with Gasteiger partial charge < -0.3 is 0 Å². The Labute approximate surface area is 43.9 Å². The highest BCUT2D eigenvalue weighted by Gasteiger charge is 2.85. The van der Waals surface area contributed by atoms with E-state index in [1.165, 1.54) is 11.8 Å². The Kier molecular flexibility index (Phi) is 0.231. The second-order valence-electron chi connectivity index (χ2n) is 3.67. The van der Waals surface area contributed by atoms with Crippen LogP contribution in [-0.4, -0.2) is 0 Å². The minimum atomic E-state index is 1.01. The lowest BCUT2D eigenvalue weighted by molar-refractivity contribution is 0.558. The highest BCUT2D eigenvalue weighted by molar-refractivity contribution is 5.33. The molecule has 3 atom stereocenters. The van der Waals surface area contributed by atoms with Gasteiger partial charge in [-0.05, 0) is 36.0 Å². The average molecular weight is 94.2 g/mol. The van der Waals surface area contributed by atoms with Crippen LogP contribution in [0.1, 0.15) is 19.8 Å². The van der Waals surface area contributed by atoms with Crippen LogP contribution in [0.4, 0.5) is 0 Å². The lowest BCUT2D eigenvalue weighted by Gasteiger charge is -1.92. The van der Waals surface area contributed by atoms with Gasteiger partial charge in [-0.3, -0.25) is 0 Å². The first-order valence-electron chi connectivity index (χ1n) is 3.36. The van der Waals surface area contributed by atoms with Gasteiger partial charge in [0, 0.05) is 0 Å². The summed E-state index contributed by atoms with van der Waals surface area (Å²) >= 11 is 0. The van der Waals surface area contributed by atoms with Crippen molar-refractivity contribution in [1.29, 1.82) is 0 Å². The third-order valence-electron chi connectivity index (χ3n) is 3.48. The molecule has 7 heavy (non-hydrogen) atoms. The Morgan fingerprint density at radius 3 is 2.00 bits per heavy atom. The maximum Gasteiger partial charge on any atom is -0.0206 e.